The second-order valence-electron chi connectivity index (χ2n) is 5.87. The van der Waals surface area contributed by atoms with E-state index in [9.17, 15) is 0 Å². The Labute approximate surface area is 142 Å². The largest absolute Gasteiger partial charge is 0.493 e. The van der Waals surface area contributed by atoms with Crippen LogP contribution >= 0.6 is 0 Å². The Hall–Kier alpha value is -1.22. The van der Waals surface area contributed by atoms with Crippen LogP contribution in [0.5, 0.6) is 11.5 Å². The highest BCUT2D eigenvalue weighted by molar-refractivity contribution is 5.33. The molecule has 0 spiro atoms. The molecule has 23 heavy (non-hydrogen) atoms. The van der Waals surface area contributed by atoms with E-state index in [2.05, 4.69) is 5.32 Å². The molecule has 1 aromatic carbocycles. The van der Waals surface area contributed by atoms with E-state index in [1.807, 2.05) is 45.2 Å². The van der Waals surface area contributed by atoms with Crippen molar-refractivity contribution in [2.45, 2.75) is 71.3 Å². The number of benzene rings is 1. The summed E-state index contributed by atoms with van der Waals surface area (Å²) >= 11 is 0. The summed E-state index contributed by atoms with van der Waals surface area (Å²) in [4.78, 5) is 0. The van der Waals surface area contributed by atoms with Gasteiger partial charge in [-0.1, -0.05) is 26.3 Å². The van der Waals surface area contributed by atoms with Gasteiger partial charge in [0.2, 0.25) is 0 Å². The zero-order valence-corrected chi connectivity index (χ0v) is 15.3. The second-order valence-corrected chi connectivity index (χ2v) is 5.87. The monoisotopic (exact) mass is 321 g/mol. The molecule has 3 nitrogen and oxygen atoms in total. The molecule has 1 aliphatic carbocycles. The molecule has 0 radical (unpaired) electrons. The van der Waals surface area contributed by atoms with Crippen LogP contribution in [0.15, 0.2) is 24.3 Å². The lowest BCUT2D eigenvalue weighted by Crippen LogP contribution is -2.19. The summed E-state index contributed by atoms with van der Waals surface area (Å²) < 4.78 is 11.9. The number of ether oxygens (including phenoxy) is 2. The quantitative estimate of drug-likeness (QED) is 0.635. The second kappa shape index (κ2) is 13.2. The van der Waals surface area contributed by atoms with Crippen molar-refractivity contribution in [1.29, 1.82) is 0 Å². The Morgan fingerprint density at radius 3 is 2.48 bits per heavy atom. The summed E-state index contributed by atoms with van der Waals surface area (Å²) in [6.07, 6.45) is 10.3. The summed E-state index contributed by atoms with van der Waals surface area (Å²) in [6.45, 7) is 5.88. The third-order valence-electron chi connectivity index (χ3n) is 4.00. The molecule has 0 aromatic heterocycles. The van der Waals surface area contributed by atoms with Gasteiger partial charge in [-0.3, -0.25) is 0 Å². The molecule has 1 aliphatic rings. The van der Waals surface area contributed by atoms with E-state index in [0.29, 0.717) is 6.10 Å². The number of nitrogens with one attached hydrogen (secondary N) is 1. The molecule has 1 aromatic rings. The van der Waals surface area contributed by atoms with Gasteiger partial charge in [0, 0.05) is 6.07 Å². The molecule has 0 saturated heterocycles. The van der Waals surface area contributed by atoms with Crippen LogP contribution < -0.4 is 14.8 Å². The zero-order chi connectivity index (χ0) is 16.8. The van der Waals surface area contributed by atoms with Crippen LogP contribution in [0.2, 0.25) is 0 Å². The minimum atomic E-state index is 0.399. The molecule has 0 unspecified atom stereocenters. The molecule has 3 heteroatoms. The van der Waals surface area contributed by atoms with Gasteiger partial charge in [-0.05, 0) is 70.7 Å². The molecule has 1 N–H and O–H groups in total. The molecular formula is C20H35NO2. The average molecular weight is 322 g/mol. The number of hydrogen-bond acceptors (Lipinski definition) is 3. The van der Waals surface area contributed by atoms with Crippen molar-refractivity contribution in [1.82, 2.24) is 5.32 Å². The minimum Gasteiger partial charge on any atom is -0.493 e. The van der Waals surface area contributed by atoms with E-state index in [4.69, 9.17) is 9.47 Å². The Kier molecular flexibility index (Phi) is 11.4. The van der Waals surface area contributed by atoms with Gasteiger partial charge in [0.1, 0.15) is 11.5 Å². The van der Waals surface area contributed by atoms with Crippen molar-refractivity contribution in [3.8, 4) is 11.5 Å². The van der Waals surface area contributed by atoms with E-state index < -0.39 is 0 Å². The van der Waals surface area contributed by atoms with E-state index in [0.717, 1.165) is 31.1 Å². The van der Waals surface area contributed by atoms with Gasteiger partial charge >= 0.3 is 0 Å². The van der Waals surface area contributed by atoms with Crippen LogP contribution in [-0.4, -0.2) is 26.3 Å². The fraction of sp³-hybridized carbons (Fsp3) is 0.700. The minimum absolute atomic E-state index is 0.399. The van der Waals surface area contributed by atoms with Crippen molar-refractivity contribution < 1.29 is 9.47 Å². The van der Waals surface area contributed by atoms with Crippen LogP contribution in [0, 0.1) is 0 Å². The Bertz CT molecular complexity index is 389. The summed E-state index contributed by atoms with van der Waals surface area (Å²) in [7, 11) is 1.99. The van der Waals surface area contributed by atoms with Crippen LogP contribution in [0.1, 0.15) is 65.2 Å². The van der Waals surface area contributed by atoms with Crippen LogP contribution in [0.4, 0.5) is 0 Å². The van der Waals surface area contributed by atoms with E-state index in [1.54, 1.807) is 0 Å². The highest BCUT2D eigenvalue weighted by Gasteiger charge is 2.14. The smallest absolute Gasteiger partial charge is 0.123 e. The molecule has 0 heterocycles. The van der Waals surface area contributed by atoms with Crippen LogP contribution in [0.25, 0.3) is 0 Å². The van der Waals surface area contributed by atoms with Crippen molar-refractivity contribution in [2.75, 3.05) is 20.2 Å². The molecular weight excluding hydrogens is 286 g/mol. The standard InChI is InChI=1S/C18H29NO2.C2H6/c1-19-13-6-3-7-14-20-17-11-8-12-18(15-17)21-16-9-4-2-5-10-16;1-2/h8,11-12,15-16,19H,2-7,9-10,13-14H2,1H3;1-2H3. The predicted octanol–water partition coefficient (Wildman–Crippen LogP) is 5.19. The van der Waals surface area contributed by atoms with Crippen molar-refractivity contribution >= 4 is 0 Å². The lowest BCUT2D eigenvalue weighted by molar-refractivity contribution is 0.154. The highest BCUT2D eigenvalue weighted by atomic mass is 16.5. The Morgan fingerprint density at radius 1 is 1.00 bits per heavy atom. The Balaban J connectivity index is 0.00000127. The van der Waals surface area contributed by atoms with Crippen molar-refractivity contribution in [2.24, 2.45) is 0 Å². The zero-order valence-electron chi connectivity index (χ0n) is 15.3. The molecule has 0 amide bonds. The summed E-state index contributed by atoms with van der Waals surface area (Å²) in [5.41, 5.74) is 0. The van der Waals surface area contributed by atoms with E-state index >= 15 is 0 Å². The van der Waals surface area contributed by atoms with Crippen LogP contribution in [0.3, 0.4) is 0 Å². The van der Waals surface area contributed by atoms with E-state index in [1.165, 1.54) is 44.9 Å². The molecule has 1 fully saturated rings. The highest BCUT2D eigenvalue weighted by Crippen LogP contribution is 2.26. The Morgan fingerprint density at radius 2 is 1.74 bits per heavy atom. The third kappa shape index (κ3) is 8.85. The summed E-state index contributed by atoms with van der Waals surface area (Å²) in [5, 5.41) is 3.17. The maximum atomic E-state index is 6.07. The molecule has 0 atom stereocenters. The average Bonchev–Trinajstić information content (AvgIpc) is 2.61. The van der Waals surface area contributed by atoms with Gasteiger partial charge in [0.25, 0.3) is 0 Å². The van der Waals surface area contributed by atoms with Gasteiger partial charge in [0.15, 0.2) is 0 Å². The molecule has 2 rings (SSSR count). The van der Waals surface area contributed by atoms with Gasteiger partial charge in [-0.25, -0.2) is 0 Å². The maximum Gasteiger partial charge on any atom is 0.123 e. The van der Waals surface area contributed by atoms with Crippen molar-refractivity contribution in [3.63, 3.8) is 0 Å². The first kappa shape index (κ1) is 19.8. The maximum absolute atomic E-state index is 6.07. The van der Waals surface area contributed by atoms with Gasteiger partial charge in [0.05, 0.1) is 12.7 Å². The number of hydrogen-bond donors (Lipinski definition) is 1. The predicted molar refractivity (Wildman–Crippen MR) is 98.6 cm³/mol. The fourth-order valence-corrected chi connectivity index (χ4v) is 2.78. The van der Waals surface area contributed by atoms with Gasteiger partial charge < -0.3 is 14.8 Å². The van der Waals surface area contributed by atoms with Crippen molar-refractivity contribution in [3.05, 3.63) is 24.3 Å². The molecule has 132 valence electrons. The lowest BCUT2D eigenvalue weighted by atomic mass is 9.98. The van der Waals surface area contributed by atoms with Crippen LogP contribution in [-0.2, 0) is 0 Å². The normalized spacial score (nSPS) is 14.7. The third-order valence-corrected chi connectivity index (χ3v) is 4.00. The topological polar surface area (TPSA) is 30.5 Å². The fourth-order valence-electron chi connectivity index (χ4n) is 2.78. The summed E-state index contributed by atoms with van der Waals surface area (Å²) in [6, 6.07) is 8.10. The van der Waals surface area contributed by atoms with E-state index in [-0.39, 0.29) is 0 Å². The number of unbranched alkanes of at least 4 members (excludes halogenated alkanes) is 2. The molecule has 0 bridgehead atoms. The lowest BCUT2D eigenvalue weighted by Gasteiger charge is -2.23. The van der Waals surface area contributed by atoms with Gasteiger partial charge in [-0.15, -0.1) is 0 Å². The number of rotatable bonds is 9. The van der Waals surface area contributed by atoms with Gasteiger partial charge in [-0.2, -0.15) is 0 Å². The first-order valence-corrected chi connectivity index (χ1v) is 9.42. The first-order valence-electron chi connectivity index (χ1n) is 9.42. The molecule has 0 aliphatic heterocycles. The first-order chi connectivity index (χ1) is 11.4. The SMILES string of the molecule is CC.CNCCCCCOc1cccc(OC2CCCCC2)c1. The summed E-state index contributed by atoms with van der Waals surface area (Å²) in [5.74, 6) is 1.88. The molecule has 1 saturated carbocycles.